The van der Waals surface area contributed by atoms with Crippen molar-refractivity contribution in [2.45, 2.75) is 12.8 Å². The van der Waals surface area contributed by atoms with Crippen molar-refractivity contribution in [2.24, 2.45) is 5.92 Å². The molecule has 0 aromatic rings. The molecule has 0 saturated heterocycles. The first kappa shape index (κ1) is 10.7. The number of carbonyl (C=O) groups excluding carboxylic acids is 1. The van der Waals surface area contributed by atoms with E-state index in [9.17, 15) is 4.79 Å². The lowest BCUT2D eigenvalue weighted by Gasteiger charge is -2.04. The fourth-order valence-electron chi connectivity index (χ4n) is 0.969. The minimum Gasteiger partial charge on any atom is -0.350 e. The van der Waals surface area contributed by atoms with Gasteiger partial charge in [0.2, 0.25) is 5.91 Å². The molecule has 0 aromatic heterocycles. The first-order chi connectivity index (χ1) is 6.18. The van der Waals surface area contributed by atoms with Gasteiger partial charge in [0.25, 0.3) is 0 Å². The maximum Gasteiger partial charge on any atom is 0.234 e. The van der Waals surface area contributed by atoms with Gasteiger partial charge in [-0.15, -0.1) is 0 Å². The first-order valence-electron chi connectivity index (χ1n) is 4.49. The molecule has 74 valence electrons. The lowest BCUT2D eigenvalue weighted by molar-refractivity contribution is -0.120. The largest absolute Gasteiger partial charge is 0.350 e. The molecule has 0 atom stereocenters. The van der Waals surface area contributed by atoms with Gasteiger partial charge in [0.1, 0.15) is 0 Å². The Balaban J connectivity index is 1.93. The van der Waals surface area contributed by atoms with Crippen molar-refractivity contribution in [3.8, 4) is 0 Å². The van der Waals surface area contributed by atoms with Crippen molar-refractivity contribution >= 4 is 21.8 Å². The third kappa shape index (κ3) is 5.82. The van der Waals surface area contributed by atoms with Gasteiger partial charge in [0, 0.05) is 11.0 Å². The molecule has 0 heterocycles. The van der Waals surface area contributed by atoms with Crippen molar-refractivity contribution in [1.82, 2.24) is 10.6 Å². The Morgan fingerprint density at radius 2 is 2.15 bits per heavy atom. The number of nitrogens with one attached hydrogen (secondary N) is 2. The summed E-state index contributed by atoms with van der Waals surface area (Å²) in [6, 6.07) is 0. The van der Waals surface area contributed by atoms with Crippen LogP contribution in [0.2, 0.25) is 0 Å². The summed E-state index contributed by atoms with van der Waals surface area (Å²) in [5.41, 5.74) is 0. The molecular formula is C9H15BrN2O. The van der Waals surface area contributed by atoms with E-state index in [1.807, 2.05) is 0 Å². The molecule has 0 spiro atoms. The van der Waals surface area contributed by atoms with E-state index < -0.39 is 0 Å². The Morgan fingerprint density at radius 3 is 2.69 bits per heavy atom. The van der Waals surface area contributed by atoms with Gasteiger partial charge >= 0.3 is 0 Å². The van der Waals surface area contributed by atoms with E-state index in [1.165, 1.54) is 12.8 Å². The molecule has 1 amide bonds. The molecule has 0 unspecified atom stereocenters. The molecule has 1 aliphatic rings. The SMILES string of the molecule is C=C(Br)CNC(=O)CNCC1CC1. The highest BCUT2D eigenvalue weighted by atomic mass is 79.9. The summed E-state index contributed by atoms with van der Waals surface area (Å²) < 4.78 is 0.794. The van der Waals surface area contributed by atoms with Crippen LogP contribution in [0.5, 0.6) is 0 Å². The topological polar surface area (TPSA) is 41.1 Å². The van der Waals surface area contributed by atoms with E-state index in [2.05, 4.69) is 33.1 Å². The molecule has 1 saturated carbocycles. The van der Waals surface area contributed by atoms with Crippen molar-refractivity contribution in [2.75, 3.05) is 19.6 Å². The molecule has 4 heteroatoms. The van der Waals surface area contributed by atoms with Gasteiger partial charge in [-0.2, -0.15) is 0 Å². The molecule has 2 N–H and O–H groups in total. The minimum absolute atomic E-state index is 0.0289. The molecule has 0 aliphatic heterocycles. The van der Waals surface area contributed by atoms with Crippen molar-refractivity contribution in [3.05, 3.63) is 11.1 Å². The number of carbonyl (C=O) groups is 1. The molecule has 0 bridgehead atoms. The highest BCUT2D eigenvalue weighted by Crippen LogP contribution is 2.27. The van der Waals surface area contributed by atoms with E-state index in [-0.39, 0.29) is 5.91 Å². The minimum atomic E-state index is 0.0289. The summed E-state index contributed by atoms with van der Waals surface area (Å²) in [6.07, 6.45) is 2.62. The zero-order valence-corrected chi connectivity index (χ0v) is 9.19. The molecule has 1 aliphatic carbocycles. The lowest BCUT2D eigenvalue weighted by atomic mass is 10.4. The van der Waals surface area contributed by atoms with Gasteiger partial charge < -0.3 is 10.6 Å². The van der Waals surface area contributed by atoms with Gasteiger partial charge in [-0.3, -0.25) is 4.79 Å². The Kier molecular flexibility index (Phi) is 4.45. The van der Waals surface area contributed by atoms with Crippen LogP contribution in [0.1, 0.15) is 12.8 Å². The average molecular weight is 247 g/mol. The van der Waals surface area contributed by atoms with E-state index in [1.54, 1.807) is 0 Å². The van der Waals surface area contributed by atoms with Crippen LogP contribution >= 0.6 is 15.9 Å². The fourth-order valence-corrected chi connectivity index (χ4v) is 1.11. The van der Waals surface area contributed by atoms with E-state index in [4.69, 9.17) is 0 Å². The Bertz CT molecular complexity index is 202. The van der Waals surface area contributed by atoms with Crippen LogP contribution < -0.4 is 10.6 Å². The van der Waals surface area contributed by atoms with Crippen LogP contribution in [0, 0.1) is 5.92 Å². The van der Waals surface area contributed by atoms with Gasteiger partial charge in [0.15, 0.2) is 0 Å². The van der Waals surface area contributed by atoms with Gasteiger partial charge in [-0.1, -0.05) is 22.5 Å². The molecule has 1 fully saturated rings. The molecule has 1 rings (SSSR count). The van der Waals surface area contributed by atoms with Gasteiger partial charge in [-0.05, 0) is 25.3 Å². The Morgan fingerprint density at radius 1 is 1.46 bits per heavy atom. The maximum absolute atomic E-state index is 11.1. The quantitative estimate of drug-likeness (QED) is 0.735. The van der Waals surface area contributed by atoms with Crippen LogP contribution in [0.4, 0.5) is 0 Å². The third-order valence-corrected chi connectivity index (χ3v) is 2.17. The van der Waals surface area contributed by atoms with E-state index in [0.717, 1.165) is 16.9 Å². The van der Waals surface area contributed by atoms with Gasteiger partial charge in [-0.25, -0.2) is 0 Å². The second-order valence-corrected chi connectivity index (χ2v) is 4.49. The number of halogens is 1. The maximum atomic E-state index is 11.1. The summed E-state index contributed by atoms with van der Waals surface area (Å²) in [4.78, 5) is 11.1. The molecular weight excluding hydrogens is 232 g/mol. The monoisotopic (exact) mass is 246 g/mol. The number of rotatable bonds is 6. The molecule has 3 nitrogen and oxygen atoms in total. The lowest BCUT2D eigenvalue weighted by Crippen LogP contribution is -2.35. The van der Waals surface area contributed by atoms with Crippen molar-refractivity contribution in [3.63, 3.8) is 0 Å². The Hall–Kier alpha value is -0.350. The van der Waals surface area contributed by atoms with Crippen molar-refractivity contribution < 1.29 is 4.79 Å². The number of hydrogen-bond acceptors (Lipinski definition) is 2. The number of amides is 1. The van der Waals surface area contributed by atoms with Crippen LogP contribution in [-0.2, 0) is 4.79 Å². The first-order valence-corrected chi connectivity index (χ1v) is 5.28. The standard InChI is InChI=1S/C9H15BrN2O/c1-7(10)4-12-9(13)6-11-5-8-2-3-8/h8,11H,1-6H2,(H,12,13). The van der Waals surface area contributed by atoms with Crippen LogP contribution in [0.25, 0.3) is 0 Å². The zero-order chi connectivity index (χ0) is 9.68. The second kappa shape index (κ2) is 5.40. The van der Waals surface area contributed by atoms with Crippen molar-refractivity contribution in [1.29, 1.82) is 0 Å². The zero-order valence-electron chi connectivity index (χ0n) is 7.61. The predicted octanol–water partition coefficient (Wildman–Crippen LogP) is 1.01. The summed E-state index contributed by atoms with van der Waals surface area (Å²) in [7, 11) is 0. The average Bonchev–Trinajstić information content (AvgIpc) is 2.84. The Labute approximate surface area is 87.1 Å². The second-order valence-electron chi connectivity index (χ2n) is 3.37. The van der Waals surface area contributed by atoms with Crippen LogP contribution in [-0.4, -0.2) is 25.5 Å². The highest BCUT2D eigenvalue weighted by molar-refractivity contribution is 9.11. The van der Waals surface area contributed by atoms with Crippen LogP contribution in [0.3, 0.4) is 0 Å². The smallest absolute Gasteiger partial charge is 0.234 e. The summed E-state index contributed by atoms with van der Waals surface area (Å²) >= 11 is 3.17. The third-order valence-electron chi connectivity index (χ3n) is 1.89. The predicted molar refractivity (Wildman–Crippen MR) is 56.7 cm³/mol. The van der Waals surface area contributed by atoms with Gasteiger partial charge in [0.05, 0.1) is 6.54 Å². The molecule has 0 aromatic carbocycles. The molecule has 0 radical (unpaired) electrons. The normalized spacial score (nSPS) is 15.5. The highest BCUT2D eigenvalue weighted by Gasteiger charge is 2.20. The summed E-state index contributed by atoms with van der Waals surface area (Å²) in [6.45, 7) is 5.52. The van der Waals surface area contributed by atoms with Crippen LogP contribution in [0.15, 0.2) is 11.1 Å². The molecule has 13 heavy (non-hydrogen) atoms. The fraction of sp³-hybridized carbons (Fsp3) is 0.667. The number of hydrogen-bond donors (Lipinski definition) is 2. The summed E-state index contributed by atoms with van der Waals surface area (Å²) in [5.74, 6) is 0.847. The van der Waals surface area contributed by atoms with E-state index in [0.29, 0.717) is 13.1 Å². The van der Waals surface area contributed by atoms with E-state index >= 15 is 0 Å². The summed E-state index contributed by atoms with van der Waals surface area (Å²) in [5, 5.41) is 5.84.